The van der Waals surface area contributed by atoms with Crippen LogP contribution >= 0.6 is 0 Å². The molecule has 0 aromatic rings. The van der Waals surface area contributed by atoms with E-state index in [9.17, 15) is 19.1 Å². The first-order valence-corrected chi connectivity index (χ1v) is 5.19. The van der Waals surface area contributed by atoms with Crippen molar-refractivity contribution in [3.8, 4) is 0 Å². The second kappa shape index (κ2) is 4.52. The van der Waals surface area contributed by atoms with E-state index < -0.39 is 42.4 Å². The maximum Gasteiger partial charge on any atom is 0.236 e. The van der Waals surface area contributed by atoms with Crippen molar-refractivity contribution in [1.29, 1.82) is 0 Å². The zero-order valence-electron chi connectivity index (χ0n) is 8.88. The summed E-state index contributed by atoms with van der Waals surface area (Å²) >= 11 is 0. The van der Waals surface area contributed by atoms with Crippen molar-refractivity contribution in [2.75, 3.05) is 6.61 Å². The van der Waals surface area contributed by atoms with E-state index in [1.807, 2.05) is 0 Å². The molecular formula is C10H12FNO5. The van der Waals surface area contributed by atoms with Gasteiger partial charge >= 0.3 is 0 Å². The molecule has 0 radical (unpaired) electrons. The number of Topliss-reactive ketones (excluding diaryl/α,β-unsaturated/α-hetero) is 1. The van der Waals surface area contributed by atoms with Gasteiger partial charge in [-0.25, -0.2) is 4.39 Å². The molecule has 1 saturated heterocycles. The summed E-state index contributed by atoms with van der Waals surface area (Å²) in [4.78, 5) is 23.4. The van der Waals surface area contributed by atoms with E-state index in [4.69, 9.17) is 9.84 Å². The van der Waals surface area contributed by atoms with Crippen LogP contribution in [0.1, 0.15) is 12.8 Å². The lowest BCUT2D eigenvalue weighted by Gasteiger charge is -2.27. The third kappa shape index (κ3) is 2.21. The number of carbonyl (C=O) groups is 2. The van der Waals surface area contributed by atoms with Crippen LogP contribution in [-0.4, -0.2) is 51.8 Å². The van der Waals surface area contributed by atoms with Gasteiger partial charge in [-0.05, 0) is 0 Å². The number of halogens is 1. The van der Waals surface area contributed by atoms with Gasteiger partial charge in [-0.3, -0.25) is 14.5 Å². The molecule has 0 spiro atoms. The monoisotopic (exact) mass is 245 g/mol. The molecule has 0 aromatic heterocycles. The van der Waals surface area contributed by atoms with Gasteiger partial charge in [0.2, 0.25) is 11.7 Å². The molecule has 0 aliphatic carbocycles. The molecule has 2 N–H and O–H groups in total. The third-order valence-corrected chi connectivity index (χ3v) is 2.81. The number of amides is 1. The SMILES string of the molecule is O=C1CC(=O)N([C@H]2C[C@H](O)[C@@H](CO)O2)C=C1F. The van der Waals surface area contributed by atoms with Gasteiger partial charge in [-0.2, -0.15) is 0 Å². The lowest BCUT2D eigenvalue weighted by Crippen LogP contribution is -2.40. The first-order valence-electron chi connectivity index (χ1n) is 5.19. The molecule has 1 fully saturated rings. The van der Waals surface area contributed by atoms with Crippen LogP contribution in [0, 0.1) is 0 Å². The van der Waals surface area contributed by atoms with Crippen LogP contribution in [-0.2, 0) is 14.3 Å². The Hall–Kier alpha value is -1.31. The molecule has 94 valence electrons. The molecule has 0 aromatic carbocycles. The second-order valence-corrected chi connectivity index (χ2v) is 3.99. The van der Waals surface area contributed by atoms with Crippen LogP contribution in [0.2, 0.25) is 0 Å². The van der Waals surface area contributed by atoms with Gasteiger partial charge in [0.15, 0.2) is 5.83 Å². The van der Waals surface area contributed by atoms with Crippen molar-refractivity contribution in [1.82, 2.24) is 4.90 Å². The van der Waals surface area contributed by atoms with Crippen molar-refractivity contribution in [3.63, 3.8) is 0 Å². The highest BCUT2D eigenvalue weighted by atomic mass is 19.1. The third-order valence-electron chi connectivity index (χ3n) is 2.81. The Kier molecular flexibility index (Phi) is 3.23. The molecular weight excluding hydrogens is 233 g/mol. The number of ketones is 1. The smallest absolute Gasteiger partial charge is 0.236 e. The van der Waals surface area contributed by atoms with Crippen LogP contribution in [0.4, 0.5) is 4.39 Å². The van der Waals surface area contributed by atoms with E-state index in [1.54, 1.807) is 0 Å². The summed E-state index contributed by atoms with van der Waals surface area (Å²) in [5.74, 6) is -2.44. The van der Waals surface area contributed by atoms with E-state index in [0.717, 1.165) is 11.1 Å². The fourth-order valence-electron chi connectivity index (χ4n) is 1.87. The molecule has 3 atom stereocenters. The Morgan fingerprint density at radius 3 is 2.82 bits per heavy atom. The predicted octanol–water partition coefficient (Wildman–Crippen LogP) is -0.933. The highest BCUT2D eigenvalue weighted by Gasteiger charge is 2.40. The van der Waals surface area contributed by atoms with Gasteiger partial charge in [-0.15, -0.1) is 0 Å². The summed E-state index contributed by atoms with van der Waals surface area (Å²) in [6, 6.07) is 0. The standard InChI is InChI=1S/C10H12FNO5/c11-5-3-12(9(16)1-6(5)14)10-2-7(15)8(4-13)17-10/h3,7-8,10,13,15H,1-2,4H2/t7-,8+,10+/m0/s1. The van der Waals surface area contributed by atoms with E-state index in [0.29, 0.717) is 0 Å². The quantitative estimate of drug-likeness (QED) is 0.613. The molecule has 0 bridgehead atoms. The van der Waals surface area contributed by atoms with Crippen molar-refractivity contribution >= 4 is 11.7 Å². The van der Waals surface area contributed by atoms with E-state index in [2.05, 4.69) is 0 Å². The number of ether oxygens (including phenoxy) is 1. The molecule has 2 aliphatic rings. The summed E-state index contributed by atoms with van der Waals surface area (Å²) in [5, 5.41) is 18.4. The molecule has 2 heterocycles. The summed E-state index contributed by atoms with van der Waals surface area (Å²) < 4.78 is 18.3. The summed E-state index contributed by atoms with van der Waals surface area (Å²) in [7, 11) is 0. The van der Waals surface area contributed by atoms with Gasteiger partial charge in [0.05, 0.1) is 19.1 Å². The maximum absolute atomic E-state index is 13.1. The predicted molar refractivity (Wildman–Crippen MR) is 52.0 cm³/mol. The summed E-state index contributed by atoms with van der Waals surface area (Å²) in [6.07, 6.45) is -2.22. The normalized spacial score (nSPS) is 34.2. The van der Waals surface area contributed by atoms with Gasteiger partial charge in [0.25, 0.3) is 0 Å². The first kappa shape index (κ1) is 12.2. The molecule has 2 aliphatic heterocycles. The Labute approximate surface area is 96.3 Å². The Balaban J connectivity index is 2.13. The molecule has 1 amide bonds. The molecule has 6 nitrogen and oxygen atoms in total. The van der Waals surface area contributed by atoms with E-state index in [-0.39, 0.29) is 13.0 Å². The Bertz CT molecular complexity index is 383. The Morgan fingerprint density at radius 1 is 1.53 bits per heavy atom. The highest BCUT2D eigenvalue weighted by molar-refractivity contribution is 6.08. The topological polar surface area (TPSA) is 87.1 Å². The van der Waals surface area contributed by atoms with Crippen LogP contribution in [0.25, 0.3) is 0 Å². The van der Waals surface area contributed by atoms with Crippen LogP contribution in [0.3, 0.4) is 0 Å². The Morgan fingerprint density at radius 2 is 2.24 bits per heavy atom. The van der Waals surface area contributed by atoms with Crippen molar-refractivity contribution < 1.29 is 28.9 Å². The van der Waals surface area contributed by atoms with Gasteiger partial charge in [-0.1, -0.05) is 0 Å². The lowest BCUT2D eigenvalue weighted by molar-refractivity contribution is -0.145. The van der Waals surface area contributed by atoms with Crippen LogP contribution < -0.4 is 0 Å². The van der Waals surface area contributed by atoms with Crippen LogP contribution in [0.15, 0.2) is 12.0 Å². The molecule has 0 unspecified atom stereocenters. The number of aliphatic hydroxyl groups excluding tert-OH is 2. The number of nitrogens with zero attached hydrogens (tertiary/aromatic N) is 1. The van der Waals surface area contributed by atoms with E-state index >= 15 is 0 Å². The van der Waals surface area contributed by atoms with Crippen molar-refractivity contribution in [2.24, 2.45) is 0 Å². The first-order chi connectivity index (χ1) is 8.02. The van der Waals surface area contributed by atoms with E-state index in [1.165, 1.54) is 0 Å². The van der Waals surface area contributed by atoms with Gasteiger partial charge in [0, 0.05) is 12.6 Å². The largest absolute Gasteiger partial charge is 0.394 e. The van der Waals surface area contributed by atoms with Crippen molar-refractivity contribution in [3.05, 3.63) is 12.0 Å². The molecule has 17 heavy (non-hydrogen) atoms. The summed E-state index contributed by atoms with van der Waals surface area (Å²) in [5.41, 5.74) is 0. The fraction of sp³-hybridized carbons (Fsp3) is 0.600. The number of aliphatic hydroxyl groups is 2. The second-order valence-electron chi connectivity index (χ2n) is 3.99. The number of hydrogen-bond donors (Lipinski definition) is 2. The van der Waals surface area contributed by atoms with Crippen molar-refractivity contribution in [2.45, 2.75) is 31.3 Å². The van der Waals surface area contributed by atoms with Gasteiger partial charge < -0.3 is 14.9 Å². The highest BCUT2D eigenvalue weighted by Crippen LogP contribution is 2.26. The molecule has 0 saturated carbocycles. The number of carbonyl (C=O) groups excluding carboxylic acids is 2. The minimum atomic E-state index is -1.00. The fourth-order valence-corrected chi connectivity index (χ4v) is 1.87. The number of hydrogen-bond acceptors (Lipinski definition) is 5. The van der Waals surface area contributed by atoms with Gasteiger partial charge in [0.1, 0.15) is 12.3 Å². The zero-order chi connectivity index (χ0) is 12.6. The van der Waals surface area contributed by atoms with Crippen LogP contribution in [0.5, 0.6) is 0 Å². The molecule has 2 rings (SSSR count). The number of allylic oxidation sites excluding steroid dienone is 1. The minimum absolute atomic E-state index is 0.0783. The molecule has 7 heteroatoms. The average Bonchev–Trinajstić information content (AvgIpc) is 2.65. The number of rotatable bonds is 2. The minimum Gasteiger partial charge on any atom is -0.394 e. The lowest BCUT2D eigenvalue weighted by atomic mass is 10.1. The summed E-state index contributed by atoms with van der Waals surface area (Å²) in [6.45, 7) is -0.384. The maximum atomic E-state index is 13.1. The average molecular weight is 245 g/mol. The zero-order valence-corrected chi connectivity index (χ0v) is 8.88.